The van der Waals surface area contributed by atoms with E-state index >= 15 is 0 Å². The molecule has 1 aliphatic heterocycles. The number of fused-ring (bicyclic) bond motifs is 1. The molecule has 98 valence electrons. The summed E-state index contributed by atoms with van der Waals surface area (Å²) >= 11 is 0. The van der Waals surface area contributed by atoms with Crippen molar-refractivity contribution in [1.82, 2.24) is 15.5 Å². The van der Waals surface area contributed by atoms with Crippen LogP contribution < -0.4 is 10.6 Å². The molecule has 4 atom stereocenters. The highest BCUT2D eigenvalue weighted by Gasteiger charge is 2.42. The number of carbonyl (C=O) groups excluding carboxylic acids is 1. The predicted octanol–water partition coefficient (Wildman–Crippen LogP) is 0.441. The molecule has 2 N–H and O–H groups in total. The summed E-state index contributed by atoms with van der Waals surface area (Å²) in [5.41, 5.74) is 0. The van der Waals surface area contributed by atoms with Gasteiger partial charge in [-0.05, 0) is 52.2 Å². The van der Waals surface area contributed by atoms with E-state index < -0.39 is 0 Å². The summed E-state index contributed by atoms with van der Waals surface area (Å²) in [4.78, 5) is 14.2. The number of nitrogens with one attached hydrogen (secondary N) is 2. The van der Waals surface area contributed by atoms with E-state index in [1.54, 1.807) is 0 Å². The molecule has 0 bridgehead atoms. The minimum atomic E-state index is 0.0665. The van der Waals surface area contributed by atoms with E-state index in [2.05, 4.69) is 22.5 Å². The van der Waals surface area contributed by atoms with Crippen molar-refractivity contribution in [1.29, 1.82) is 0 Å². The first-order chi connectivity index (χ1) is 8.09. The van der Waals surface area contributed by atoms with Crippen LogP contribution in [0, 0.1) is 11.8 Å². The molecule has 1 saturated heterocycles. The molecule has 17 heavy (non-hydrogen) atoms. The maximum atomic E-state index is 12.1. The quantitative estimate of drug-likeness (QED) is 0.748. The van der Waals surface area contributed by atoms with Gasteiger partial charge in [0.25, 0.3) is 0 Å². The summed E-state index contributed by atoms with van der Waals surface area (Å²) in [5, 5.41) is 6.46. The van der Waals surface area contributed by atoms with Crippen molar-refractivity contribution in [3.05, 3.63) is 0 Å². The van der Waals surface area contributed by atoms with Gasteiger partial charge in [-0.25, -0.2) is 0 Å². The van der Waals surface area contributed by atoms with Crippen molar-refractivity contribution >= 4 is 5.91 Å². The second kappa shape index (κ2) is 5.36. The van der Waals surface area contributed by atoms with Crippen LogP contribution in [0.5, 0.6) is 0 Å². The van der Waals surface area contributed by atoms with Gasteiger partial charge < -0.3 is 15.5 Å². The summed E-state index contributed by atoms with van der Waals surface area (Å²) in [7, 11) is 4.08. The van der Waals surface area contributed by atoms with E-state index in [4.69, 9.17) is 0 Å². The van der Waals surface area contributed by atoms with E-state index in [-0.39, 0.29) is 11.9 Å². The molecule has 1 aliphatic carbocycles. The molecule has 2 aliphatic rings. The fourth-order valence-electron chi connectivity index (χ4n) is 3.02. The number of hydrogen-bond donors (Lipinski definition) is 2. The lowest BCUT2D eigenvalue weighted by atomic mass is 9.93. The van der Waals surface area contributed by atoms with Crippen LogP contribution in [0.15, 0.2) is 0 Å². The summed E-state index contributed by atoms with van der Waals surface area (Å²) in [6.45, 7) is 3.90. The maximum Gasteiger partial charge on any atom is 0.237 e. The monoisotopic (exact) mass is 239 g/mol. The normalized spacial score (nSPS) is 33.8. The van der Waals surface area contributed by atoms with Gasteiger partial charge in [-0.15, -0.1) is 0 Å². The summed E-state index contributed by atoms with van der Waals surface area (Å²) < 4.78 is 0. The molecule has 4 nitrogen and oxygen atoms in total. The summed E-state index contributed by atoms with van der Waals surface area (Å²) in [6.07, 6.45) is 3.82. The second-order valence-electron chi connectivity index (χ2n) is 5.80. The lowest BCUT2D eigenvalue weighted by Crippen LogP contribution is -2.47. The molecular weight excluding hydrogens is 214 g/mol. The zero-order valence-electron chi connectivity index (χ0n) is 11.2. The third kappa shape index (κ3) is 2.80. The minimum absolute atomic E-state index is 0.0665. The molecule has 0 spiro atoms. The van der Waals surface area contributed by atoms with Crippen LogP contribution >= 0.6 is 0 Å². The molecule has 1 amide bonds. The van der Waals surface area contributed by atoms with Gasteiger partial charge in [0.1, 0.15) is 0 Å². The SMILES string of the molecule is CC(CNC(=O)C1NCC2CCCC21)N(C)C. The Morgan fingerprint density at radius 2 is 2.24 bits per heavy atom. The largest absolute Gasteiger partial charge is 0.353 e. The van der Waals surface area contributed by atoms with Gasteiger partial charge in [0.2, 0.25) is 5.91 Å². The van der Waals surface area contributed by atoms with Gasteiger partial charge in [0.05, 0.1) is 6.04 Å². The summed E-state index contributed by atoms with van der Waals surface area (Å²) in [5.74, 6) is 1.54. The Morgan fingerprint density at radius 1 is 1.47 bits per heavy atom. The Bertz CT molecular complexity index is 280. The Balaban J connectivity index is 1.80. The zero-order valence-corrected chi connectivity index (χ0v) is 11.2. The van der Waals surface area contributed by atoms with Crippen LogP contribution in [-0.4, -0.2) is 50.1 Å². The molecule has 4 heteroatoms. The van der Waals surface area contributed by atoms with E-state index in [9.17, 15) is 4.79 Å². The van der Waals surface area contributed by atoms with E-state index in [0.29, 0.717) is 12.0 Å². The molecular formula is C13H25N3O. The maximum absolute atomic E-state index is 12.1. The minimum Gasteiger partial charge on any atom is -0.353 e. The number of likely N-dealkylation sites (N-methyl/N-ethyl adjacent to an activating group) is 1. The molecule has 2 rings (SSSR count). The van der Waals surface area contributed by atoms with Gasteiger partial charge in [-0.3, -0.25) is 4.79 Å². The van der Waals surface area contributed by atoms with Crippen molar-refractivity contribution in [2.75, 3.05) is 27.2 Å². The molecule has 0 aromatic carbocycles. The van der Waals surface area contributed by atoms with Gasteiger partial charge in [0.15, 0.2) is 0 Å². The highest BCUT2D eigenvalue weighted by Crippen LogP contribution is 2.37. The van der Waals surface area contributed by atoms with E-state index in [1.165, 1.54) is 19.3 Å². The lowest BCUT2D eigenvalue weighted by Gasteiger charge is -2.23. The summed E-state index contributed by atoms with van der Waals surface area (Å²) in [6, 6.07) is 0.455. The first-order valence-corrected chi connectivity index (χ1v) is 6.77. The van der Waals surface area contributed by atoms with E-state index in [0.717, 1.165) is 19.0 Å². The molecule has 0 aromatic heterocycles. The average Bonchev–Trinajstić information content (AvgIpc) is 2.86. The average molecular weight is 239 g/mol. The molecule has 0 radical (unpaired) electrons. The fraction of sp³-hybridized carbons (Fsp3) is 0.923. The Hall–Kier alpha value is -0.610. The number of nitrogens with zero attached hydrogens (tertiary/aromatic N) is 1. The van der Waals surface area contributed by atoms with Crippen LogP contribution in [0.25, 0.3) is 0 Å². The van der Waals surface area contributed by atoms with Gasteiger partial charge >= 0.3 is 0 Å². The van der Waals surface area contributed by atoms with Gasteiger partial charge in [0, 0.05) is 12.6 Å². The van der Waals surface area contributed by atoms with Crippen LogP contribution in [0.4, 0.5) is 0 Å². The lowest BCUT2D eigenvalue weighted by molar-refractivity contribution is -0.124. The molecule has 1 saturated carbocycles. The van der Waals surface area contributed by atoms with Crippen molar-refractivity contribution in [3.8, 4) is 0 Å². The predicted molar refractivity (Wildman–Crippen MR) is 68.8 cm³/mol. The molecule has 4 unspecified atom stereocenters. The Morgan fingerprint density at radius 3 is 2.94 bits per heavy atom. The van der Waals surface area contributed by atoms with E-state index in [1.807, 2.05) is 14.1 Å². The smallest absolute Gasteiger partial charge is 0.237 e. The van der Waals surface area contributed by atoms with Crippen molar-refractivity contribution in [2.45, 2.75) is 38.3 Å². The fourth-order valence-corrected chi connectivity index (χ4v) is 3.02. The molecule has 0 aromatic rings. The topological polar surface area (TPSA) is 44.4 Å². The zero-order chi connectivity index (χ0) is 12.4. The van der Waals surface area contributed by atoms with Crippen molar-refractivity contribution < 1.29 is 4.79 Å². The first-order valence-electron chi connectivity index (χ1n) is 6.77. The Kier molecular flexibility index (Phi) is 4.05. The standard InChI is InChI=1S/C13H25N3O/c1-9(16(2)3)7-15-13(17)12-11-6-4-5-10(11)8-14-12/h9-12,14H,4-8H2,1-3H3,(H,15,17). The first kappa shape index (κ1) is 12.8. The van der Waals surface area contributed by atoms with Crippen LogP contribution in [0.3, 0.4) is 0 Å². The van der Waals surface area contributed by atoms with Crippen LogP contribution in [-0.2, 0) is 4.79 Å². The number of carbonyl (C=O) groups is 1. The highest BCUT2D eigenvalue weighted by molar-refractivity contribution is 5.82. The highest BCUT2D eigenvalue weighted by atomic mass is 16.2. The van der Waals surface area contributed by atoms with Crippen LogP contribution in [0.2, 0.25) is 0 Å². The Labute approximate surface area is 104 Å². The number of hydrogen-bond acceptors (Lipinski definition) is 3. The van der Waals surface area contributed by atoms with Gasteiger partial charge in [-0.1, -0.05) is 6.42 Å². The second-order valence-corrected chi connectivity index (χ2v) is 5.80. The third-order valence-electron chi connectivity index (χ3n) is 4.48. The number of amides is 1. The van der Waals surface area contributed by atoms with Crippen LogP contribution in [0.1, 0.15) is 26.2 Å². The molecule has 2 fully saturated rings. The third-order valence-corrected chi connectivity index (χ3v) is 4.48. The van der Waals surface area contributed by atoms with Gasteiger partial charge in [-0.2, -0.15) is 0 Å². The van der Waals surface area contributed by atoms with Crippen molar-refractivity contribution in [2.24, 2.45) is 11.8 Å². The molecule has 1 heterocycles. The van der Waals surface area contributed by atoms with Crippen molar-refractivity contribution in [3.63, 3.8) is 0 Å². The number of rotatable bonds is 4.